The van der Waals surface area contributed by atoms with Gasteiger partial charge in [0.2, 0.25) is 0 Å². The molecule has 1 aliphatic heterocycles. The molecular weight excluding hydrogens is 382 g/mol. The average molecular weight is 407 g/mol. The number of carbonyl (C=O) groups excluding carboxylic acids is 2. The molecule has 0 amide bonds. The van der Waals surface area contributed by atoms with Crippen molar-refractivity contribution in [3.8, 4) is 0 Å². The number of nitrogens with one attached hydrogen (secondary N) is 1. The Bertz CT molecular complexity index is 1150. The Labute approximate surface area is 174 Å². The van der Waals surface area contributed by atoms with Gasteiger partial charge < -0.3 is 14.5 Å². The maximum atomic E-state index is 13.4. The van der Waals surface area contributed by atoms with Crippen LogP contribution < -0.4 is 10.7 Å². The summed E-state index contributed by atoms with van der Waals surface area (Å²) in [4.78, 5) is 39.5. The van der Waals surface area contributed by atoms with Crippen LogP contribution in [0.4, 0.5) is 0 Å². The van der Waals surface area contributed by atoms with E-state index in [1.807, 2.05) is 13.8 Å². The molecule has 6 nitrogen and oxygen atoms in total. The molecule has 1 N–H and O–H groups in total. The van der Waals surface area contributed by atoms with Crippen LogP contribution >= 0.6 is 0 Å². The lowest BCUT2D eigenvalue weighted by atomic mass is 9.66. The number of rotatable bonds is 3. The Balaban J connectivity index is 1.97. The molecule has 2 aliphatic rings. The molecule has 1 aromatic carbocycles. The van der Waals surface area contributed by atoms with Gasteiger partial charge in [-0.1, -0.05) is 32.6 Å². The van der Waals surface area contributed by atoms with Crippen molar-refractivity contribution in [2.75, 3.05) is 6.61 Å². The van der Waals surface area contributed by atoms with Crippen molar-refractivity contribution < 1.29 is 18.7 Å². The summed E-state index contributed by atoms with van der Waals surface area (Å²) in [5.74, 6) is -2.28. The second kappa shape index (κ2) is 7.27. The molecule has 1 aliphatic carbocycles. The second-order valence-corrected chi connectivity index (χ2v) is 8.71. The quantitative estimate of drug-likeness (QED) is 0.779. The Morgan fingerprint density at radius 3 is 2.73 bits per heavy atom. The molecule has 0 bridgehead atoms. The molecule has 2 aromatic rings. The van der Waals surface area contributed by atoms with Crippen molar-refractivity contribution in [2.45, 2.75) is 39.5 Å². The number of Topliss-reactive ketones (excluding diaryl/α,β-unsaturated/α-hetero) is 1. The molecular formula is C24H25NO5. The van der Waals surface area contributed by atoms with Gasteiger partial charge in [-0.05, 0) is 30.9 Å². The number of esters is 1. The van der Waals surface area contributed by atoms with Crippen molar-refractivity contribution in [3.05, 3.63) is 69.9 Å². The highest BCUT2D eigenvalue weighted by Crippen LogP contribution is 2.47. The highest BCUT2D eigenvalue weighted by atomic mass is 16.5. The molecule has 2 heterocycles. The van der Waals surface area contributed by atoms with E-state index < -0.39 is 17.8 Å². The van der Waals surface area contributed by atoms with Gasteiger partial charge in [-0.25, -0.2) is 0 Å². The van der Waals surface area contributed by atoms with Gasteiger partial charge in [-0.3, -0.25) is 14.4 Å². The number of ketones is 1. The highest BCUT2D eigenvalue weighted by Gasteiger charge is 2.47. The fourth-order valence-electron chi connectivity index (χ4n) is 4.60. The van der Waals surface area contributed by atoms with E-state index in [4.69, 9.17) is 9.15 Å². The van der Waals surface area contributed by atoms with Gasteiger partial charge in [0.15, 0.2) is 11.2 Å². The molecule has 156 valence electrons. The molecule has 0 radical (unpaired) electrons. The fourth-order valence-corrected chi connectivity index (χ4v) is 4.60. The molecule has 2 unspecified atom stereocenters. The van der Waals surface area contributed by atoms with Crippen molar-refractivity contribution in [3.63, 3.8) is 0 Å². The Morgan fingerprint density at radius 2 is 2.00 bits per heavy atom. The third-order valence-electron chi connectivity index (χ3n) is 5.83. The van der Waals surface area contributed by atoms with Crippen LogP contribution in [0.5, 0.6) is 0 Å². The van der Waals surface area contributed by atoms with Gasteiger partial charge in [0.25, 0.3) is 0 Å². The van der Waals surface area contributed by atoms with Gasteiger partial charge in [-0.2, -0.15) is 0 Å². The zero-order valence-corrected chi connectivity index (χ0v) is 17.4. The van der Waals surface area contributed by atoms with E-state index in [9.17, 15) is 14.4 Å². The number of benzene rings is 1. The Kier molecular flexibility index (Phi) is 4.88. The first-order valence-corrected chi connectivity index (χ1v) is 10.1. The van der Waals surface area contributed by atoms with Crippen molar-refractivity contribution >= 4 is 22.7 Å². The molecule has 30 heavy (non-hydrogen) atoms. The fraction of sp³-hybridized carbons (Fsp3) is 0.375. The number of fused-ring (bicyclic) bond motifs is 1. The summed E-state index contributed by atoms with van der Waals surface area (Å²) in [6, 6.07) is 6.93. The number of carbonyl (C=O) groups is 2. The summed E-state index contributed by atoms with van der Waals surface area (Å²) in [5, 5.41) is 3.59. The van der Waals surface area contributed by atoms with E-state index in [2.05, 4.69) is 11.9 Å². The van der Waals surface area contributed by atoms with Gasteiger partial charge in [0.05, 0.1) is 18.3 Å². The Morgan fingerprint density at radius 1 is 1.27 bits per heavy atom. The van der Waals surface area contributed by atoms with Crippen molar-refractivity contribution in [1.82, 2.24) is 5.32 Å². The third kappa shape index (κ3) is 3.26. The number of hydrogen-bond donors (Lipinski definition) is 1. The van der Waals surface area contributed by atoms with Crippen LogP contribution in [0, 0.1) is 11.3 Å². The average Bonchev–Trinajstić information content (AvgIpc) is 2.66. The highest BCUT2D eigenvalue weighted by molar-refractivity contribution is 6.01. The monoisotopic (exact) mass is 407 g/mol. The van der Waals surface area contributed by atoms with Crippen LogP contribution in [-0.2, 0) is 14.3 Å². The summed E-state index contributed by atoms with van der Waals surface area (Å²) in [6.07, 6.45) is 2.33. The maximum absolute atomic E-state index is 13.4. The first-order chi connectivity index (χ1) is 14.2. The minimum absolute atomic E-state index is 0.0758. The number of hydrogen-bond acceptors (Lipinski definition) is 6. The summed E-state index contributed by atoms with van der Waals surface area (Å²) >= 11 is 0. The largest absolute Gasteiger partial charge is 0.465 e. The van der Waals surface area contributed by atoms with Gasteiger partial charge in [0, 0.05) is 34.9 Å². The van der Waals surface area contributed by atoms with Gasteiger partial charge in [-0.15, -0.1) is 0 Å². The third-order valence-corrected chi connectivity index (χ3v) is 5.83. The van der Waals surface area contributed by atoms with E-state index >= 15 is 0 Å². The second-order valence-electron chi connectivity index (χ2n) is 8.71. The zero-order valence-electron chi connectivity index (χ0n) is 17.4. The minimum Gasteiger partial charge on any atom is -0.465 e. The van der Waals surface area contributed by atoms with Crippen LogP contribution in [0.15, 0.2) is 63.3 Å². The summed E-state index contributed by atoms with van der Waals surface area (Å²) < 4.78 is 11.0. The zero-order chi connectivity index (χ0) is 21.6. The first kappa shape index (κ1) is 20.1. The minimum atomic E-state index is -0.891. The lowest BCUT2D eigenvalue weighted by Crippen LogP contribution is -2.44. The van der Waals surface area contributed by atoms with Crippen LogP contribution in [0.25, 0.3) is 11.0 Å². The van der Waals surface area contributed by atoms with E-state index in [1.54, 1.807) is 31.2 Å². The predicted octanol–water partition coefficient (Wildman–Crippen LogP) is 3.82. The summed E-state index contributed by atoms with van der Waals surface area (Å²) in [5.41, 5.74) is 1.86. The van der Waals surface area contributed by atoms with E-state index in [0.29, 0.717) is 35.1 Å². The molecule has 6 heteroatoms. The molecule has 2 atom stereocenters. The number of para-hydroxylation sites is 1. The van der Waals surface area contributed by atoms with Crippen molar-refractivity contribution in [2.24, 2.45) is 11.3 Å². The standard InChI is InChI=1S/C24H25NO5/c1-5-29-23(28)19-13(2)25-16-10-24(3,4)11-17(26)21(16)20(19)15-12-30-18-9-7-6-8-14(18)22(15)27/h6-9,12,19-20,25H,2,5,10-11H2,1,3-4H3. The summed E-state index contributed by atoms with van der Waals surface area (Å²) in [7, 11) is 0. The van der Waals surface area contributed by atoms with Crippen LogP contribution in [0.3, 0.4) is 0 Å². The SMILES string of the molecule is C=C1NC2=C(C(=O)CC(C)(C)C2)C(c2coc3ccccc3c2=O)C1C(=O)OCC. The number of ether oxygens (including phenoxy) is 1. The lowest BCUT2D eigenvalue weighted by Gasteiger charge is -2.41. The molecule has 0 saturated carbocycles. The molecule has 0 fully saturated rings. The first-order valence-electron chi connectivity index (χ1n) is 10.1. The van der Waals surface area contributed by atoms with Gasteiger partial charge in [0.1, 0.15) is 11.5 Å². The normalized spacial score (nSPS) is 23.2. The van der Waals surface area contributed by atoms with Gasteiger partial charge >= 0.3 is 5.97 Å². The molecule has 4 rings (SSSR count). The molecule has 0 saturated heterocycles. The van der Waals surface area contributed by atoms with Crippen molar-refractivity contribution in [1.29, 1.82) is 0 Å². The van der Waals surface area contributed by atoms with Crippen LogP contribution in [0.2, 0.25) is 0 Å². The summed E-state index contributed by atoms with van der Waals surface area (Å²) in [6.45, 7) is 9.99. The predicted molar refractivity (Wildman–Crippen MR) is 113 cm³/mol. The smallest absolute Gasteiger partial charge is 0.315 e. The Hall–Kier alpha value is -3.15. The van der Waals surface area contributed by atoms with E-state index in [0.717, 1.165) is 5.70 Å². The lowest BCUT2D eigenvalue weighted by molar-refractivity contribution is -0.147. The molecule has 0 spiro atoms. The maximum Gasteiger partial charge on any atom is 0.315 e. The van der Waals surface area contributed by atoms with E-state index in [-0.39, 0.29) is 28.8 Å². The number of allylic oxidation sites excluding steroid dienone is 2. The van der Waals surface area contributed by atoms with Crippen LogP contribution in [-0.4, -0.2) is 18.4 Å². The van der Waals surface area contributed by atoms with E-state index in [1.165, 1.54) is 6.26 Å². The topological polar surface area (TPSA) is 85.6 Å². The molecule has 1 aromatic heterocycles. The van der Waals surface area contributed by atoms with Crippen LogP contribution in [0.1, 0.15) is 45.1 Å².